The Hall–Kier alpha value is -0.370. The molecule has 7 atom stereocenters. The van der Waals surface area contributed by atoms with Gasteiger partial charge in [-0.05, 0) is 81.0 Å². The van der Waals surface area contributed by atoms with Crippen LogP contribution in [-0.4, -0.2) is 17.0 Å². The van der Waals surface area contributed by atoms with Crippen LogP contribution in [0.4, 0.5) is 0 Å². The Kier molecular flexibility index (Phi) is 5.21. The first kappa shape index (κ1) is 17.5. The molecule has 3 aliphatic rings. The summed E-state index contributed by atoms with van der Waals surface area (Å²) in [6, 6.07) is 0. The first-order chi connectivity index (χ1) is 10.9. The molecule has 0 amide bonds. The SMILES string of the molecule is CC(=O)[C@H]1CCC2C3CC[C@H](C)C[C@H](O)CCCC3CC[C@@]21C. The van der Waals surface area contributed by atoms with Crippen molar-refractivity contribution in [2.75, 3.05) is 0 Å². The van der Waals surface area contributed by atoms with Gasteiger partial charge < -0.3 is 5.11 Å². The minimum absolute atomic E-state index is 0.0796. The molecule has 0 spiro atoms. The predicted molar refractivity (Wildman–Crippen MR) is 94.1 cm³/mol. The van der Waals surface area contributed by atoms with Crippen molar-refractivity contribution in [2.45, 2.75) is 91.1 Å². The van der Waals surface area contributed by atoms with Gasteiger partial charge in [0.05, 0.1) is 6.10 Å². The van der Waals surface area contributed by atoms with Crippen molar-refractivity contribution < 1.29 is 9.90 Å². The maximum Gasteiger partial charge on any atom is 0.133 e. The average Bonchev–Trinajstić information content (AvgIpc) is 2.83. The zero-order chi connectivity index (χ0) is 16.6. The molecular formula is C21H36O2. The van der Waals surface area contributed by atoms with Gasteiger partial charge in [0, 0.05) is 5.92 Å². The van der Waals surface area contributed by atoms with Crippen molar-refractivity contribution in [3.05, 3.63) is 0 Å². The van der Waals surface area contributed by atoms with Crippen molar-refractivity contribution in [1.82, 2.24) is 0 Å². The van der Waals surface area contributed by atoms with E-state index in [1.165, 1.54) is 44.9 Å². The predicted octanol–water partition coefficient (Wildman–Crippen LogP) is 4.99. The first-order valence-corrected chi connectivity index (χ1v) is 10.1. The maximum atomic E-state index is 12.1. The monoisotopic (exact) mass is 320 g/mol. The van der Waals surface area contributed by atoms with E-state index in [0.717, 1.165) is 37.0 Å². The molecule has 3 rings (SSSR count). The zero-order valence-electron chi connectivity index (χ0n) is 15.4. The van der Waals surface area contributed by atoms with Gasteiger partial charge in [-0.15, -0.1) is 0 Å². The van der Waals surface area contributed by atoms with Crippen LogP contribution in [0.5, 0.6) is 0 Å². The van der Waals surface area contributed by atoms with Gasteiger partial charge in [-0.1, -0.05) is 33.1 Å². The number of aliphatic hydroxyl groups is 1. The third-order valence-electron chi connectivity index (χ3n) is 7.86. The van der Waals surface area contributed by atoms with Crippen molar-refractivity contribution in [2.24, 2.45) is 35.0 Å². The summed E-state index contributed by atoms with van der Waals surface area (Å²) < 4.78 is 0. The van der Waals surface area contributed by atoms with Crippen LogP contribution < -0.4 is 0 Å². The van der Waals surface area contributed by atoms with E-state index >= 15 is 0 Å². The summed E-state index contributed by atoms with van der Waals surface area (Å²) >= 11 is 0. The summed E-state index contributed by atoms with van der Waals surface area (Å²) in [5.74, 6) is 3.84. The molecule has 0 radical (unpaired) electrons. The maximum absolute atomic E-state index is 12.1. The van der Waals surface area contributed by atoms with E-state index in [0.29, 0.717) is 17.6 Å². The van der Waals surface area contributed by atoms with Crippen LogP contribution in [-0.2, 0) is 4.79 Å². The fourth-order valence-corrected chi connectivity index (χ4v) is 6.62. The van der Waals surface area contributed by atoms with Gasteiger partial charge in [-0.2, -0.15) is 0 Å². The molecule has 0 bridgehead atoms. The van der Waals surface area contributed by atoms with Crippen molar-refractivity contribution in [3.8, 4) is 0 Å². The third-order valence-corrected chi connectivity index (χ3v) is 7.86. The minimum Gasteiger partial charge on any atom is -0.393 e. The molecule has 1 N–H and O–H groups in total. The molecule has 3 aliphatic carbocycles. The second kappa shape index (κ2) is 6.86. The second-order valence-corrected chi connectivity index (χ2v) is 9.32. The zero-order valence-corrected chi connectivity index (χ0v) is 15.4. The number of carbonyl (C=O) groups excluding carboxylic acids is 1. The van der Waals surface area contributed by atoms with E-state index < -0.39 is 0 Å². The molecule has 2 nitrogen and oxygen atoms in total. The highest BCUT2D eigenvalue weighted by Crippen LogP contribution is 2.60. The van der Waals surface area contributed by atoms with E-state index in [2.05, 4.69) is 13.8 Å². The van der Waals surface area contributed by atoms with Crippen LogP contribution in [0.1, 0.15) is 85.0 Å². The van der Waals surface area contributed by atoms with Gasteiger partial charge in [0.2, 0.25) is 0 Å². The summed E-state index contributed by atoms with van der Waals surface area (Å²) in [7, 11) is 0. The lowest BCUT2D eigenvalue weighted by atomic mass is 9.55. The Balaban J connectivity index is 1.77. The van der Waals surface area contributed by atoms with Gasteiger partial charge in [0.25, 0.3) is 0 Å². The average molecular weight is 321 g/mol. The number of Topliss-reactive ketones (excluding diaryl/α,β-unsaturated/α-hetero) is 1. The number of rotatable bonds is 1. The minimum atomic E-state index is -0.0796. The fourth-order valence-electron chi connectivity index (χ4n) is 6.62. The normalized spacial score (nSPS) is 48.3. The van der Waals surface area contributed by atoms with Crippen LogP contribution in [0.3, 0.4) is 0 Å². The topological polar surface area (TPSA) is 37.3 Å². The molecule has 0 aromatic heterocycles. The summed E-state index contributed by atoms with van der Waals surface area (Å²) in [5.41, 5.74) is 0.278. The highest BCUT2D eigenvalue weighted by molar-refractivity contribution is 5.79. The van der Waals surface area contributed by atoms with E-state index in [9.17, 15) is 9.90 Å². The Morgan fingerprint density at radius 3 is 2.57 bits per heavy atom. The standard InChI is InChI=1S/C21H36O2/c1-14-7-8-18-16(5-4-6-17(23)13-14)11-12-21(3)19(15(2)22)9-10-20(18)21/h14,16-20,23H,4-13H2,1-3H3/t14-,16?,17+,18?,19+,20?,21+/m0/s1. The summed E-state index contributed by atoms with van der Waals surface area (Å²) in [6.45, 7) is 6.56. The van der Waals surface area contributed by atoms with E-state index in [1.54, 1.807) is 0 Å². The molecule has 132 valence electrons. The number of ketones is 1. The number of carbonyl (C=O) groups is 1. The van der Waals surface area contributed by atoms with E-state index in [4.69, 9.17) is 0 Å². The lowest BCUT2D eigenvalue weighted by molar-refractivity contribution is -0.126. The highest BCUT2D eigenvalue weighted by Gasteiger charge is 2.54. The summed E-state index contributed by atoms with van der Waals surface area (Å²) in [6.07, 6.45) is 11.9. The molecule has 0 aromatic rings. The molecule has 23 heavy (non-hydrogen) atoms. The van der Waals surface area contributed by atoms with E-state index in [-0.39, 0.29) is 11.5 Å². The van der Waals surface area contributed by atoms with Crippen molar-refractivity contribution in [1.29, 1.82) is 0 Å². The Bertz CT molecular complexity index is 432. The molecule has 0 heterocycles. The molecule has 0 saturated heterocycles. The quantitative estimate of drug-likeness (QED) is 0.739. The lowest BCUT2D eigenvalue weighted by Gasteiger charge is -2.49. The van der Waals surface area contributed by atoms with Crippen LogP contribution in [0.15, 0.2) is 0 Å². The van der Waals surface area contributed by atoms with Crippen LogP contribution in [0.25, 0.3) is 0 Å². The van der Waals surface area contributed by atoms with Crippen molar-refractivity contribution >= 4 is 5.78 Å². The molecule has 0 aromatic carbocycles. The van der Waals surface area contributed by atoms with Crippen LogP contribution >= 0.6 is 0 Å². The molecular weight excluding hydrogens is 284 g/mol. The van der Waals surface area contributed by atoms with E-state index in [1.807, 2.05) is 6.92 Å². The highest BCUT2D eigenvalue weighted by atomic mass is 16.3. The first-order valence-electron chi connectivity index (χ1n) is 10.1. The number of fused-ring (bicyclic) bond motifs is 3. The molecule has 3 fully saturated rings. The summed E-state index contributed by atoms with van der Waals surface area (Å²) in [4.78, 5) is 12.1. The number of aliphatic hydroxyl groups excluding tert-OH is 1. The smallest absolute Gasteiger partial charge is 0.133 e. The Morgan fingerprint density at radius 1 is 1.04 bits per heavy atom. The second-order valence-electron chi connectivity index (χ2n) is 9.32. The lowest BCUT2D eigenvalue weighted by Crippen LogP contribution is -2.43. The van der Waals surface area contributed by atoms with Crippen LogP contribution in [0.2, 0.25) is 0 Å². The van der Waals surface area contributed by atoms with Gasteiger partial charge >= 0.3 is 0 Å². The third kappa shape index (κ3) is 3.38. The molecule has 2 heteroatoms. The van der Waals surface area contributed by atoms with Gasteiger partial charge in [0.15, 0.2) is 0 Å². The molecule has 3 unspecified atom stereocenters. The Morgan fingerprint density at radius 2 is 1.83 bits per heavy atom. The largest absolute Gasteiger partial charge is 0.393 e. The Labute approximate surface area is 142 Å². The number of hydrogen-bond donors (Lipinski definition) is 1. The molecule has 0 aliphatic heterocycles. The van der Waals surface area contributed by atoms with Crippen LogP contribution in [0, 0.1) is 35.0 Å². The van der Waals surface area contributed by atoms with Crippen molar-refractivity contribution in [3.63, 3.8) is 0 Å². The molecule has 3 saturated carbocycles. The van der Waals surface area contributed by atoms with Gasteiger partial charge in [-0.25, -0.2) is 0 Å². The van der Waals surface area contributed by atoms with Gasteiger partial charge in [0.1, 0.15) is 5.78 Å². The van der Waals surface area contributed by atoms with Gasteiger partial charge in [-0.3, -0.25) is 4.79 Å². The fraction of sp³-hybridized carbons (Fsp3) is 0.952. The summed E-state index contributed by atoms with van der Waals surface area (Å²) in [5, 5.41) is 10.1. The number of hydrogen-bond acceptors (Lipinski definition) is 2.